The predicted octanol–water partition coefficient (Wildman–Crippen LogP) is 3.12. The normalized spacial score (nSPS) is 23.9. The first-order valence-electron chi connectivity index (χ1n) is 11.5. The van der Waals surface area contributed by atoms with Gasteiger partial charge in [-0.25, -0.2) is 0 Å². The van der Waals surface area contributed by atoms with Gasteiger partial charge in [-0.1, -0.05) is 32.6 Å². The van der Waals surface area contributed by atoms with Gasteiger partial charge in [0, 0.05) is 18.9 Å². The Hall–Kier alpha value is -1.53. The highest BCUT2D eigenvalue weighted by Crippen LogP contribution is 2.30. The third kappa shape index (κ3) is 6.75. The molecule has 3 atom stereocenters. The van der Waals surface area contributed by atoms with Crippen LogP contribution >= 0.6 is 0 Å². The van der Waals surface area contributed by atoms with E-state index in [1.54, 1.807) is 0 Å². The molecule has 164 valence electrons. The Morgan fingerprint density at radius 2 is 1.90 bits per heavy atom. The molecule has 0 aromatic heterocycles. The van der Waals surface area contributed by atoms with E-state index in [1.165, 1.54) is 32.1 Å². The van der Waals surface area contributed by atoms with Crippen LogP contribution in [-0.2, 0) is 14.3 Å². The fourth-order valence-corrected chi connectivity index (χ4v) is 4.43. The van der Waals surface area contributed by atoms with Crippen molar-refractivity contribution in [2.24, 2.45) is 5.92 Å². The van der Waals surface area contributed by atoms with Crippen LogP contribution in [0.1, 0.15) is 64.7 Å². The van der Waals surface area contributed by atoms with E-state index in [1.807, 2.05) is 12.2 Å². The van der Waals surface area contributed by atoms with E-state index in [0.717, 1.165) is 37.4 Å². The summed E-state index contributed by atoms with van der Waals surface area (Å²) in [5.41, 5.74) is 0. The van der Waals surface area contributed by atoms with Gasteiger partial charge in [-0.05, 0) is 50.9 Å². The molecule has 2 heterocycles. The van der Waals surface area contributed by atoms with Gasteiger partial charge in [-0.2, -0.15) is 0 Å². The fourth-order valence-electron chi connectivity index (χ4n) is 4.43. The maximum atomic E-state index is 12.6. The zero-order valence-corrected chi connectivity index (χ0v) is 17.9. The van der Waals surface area contributed by atoms with E-state index in [0.29, 0.717) is 32.6 Å². The highest BCUT2D eigenvalue weighted by atomic mass is 16.6. The minimum atomic E-state index is -0.643. The Labute approximate surface area is 175 Å². The van der Waals surface area contributed by atoms with Gasteiger partial charge in [-0.3, -0.25) is 4.79 Å². The van der Waals surface area contributed by atoms with Crippen molar-refractivity contribution in [1.82, 2.24) is 10.2 Å². The number of unbranched alkanes of at least 4 members (excludes halogenated alkanes) is 4. The maximum absolute atomic E-state index is 12.6. The van der Waals surface area contributed by atoms with Crippen LogP contribution in [0.4, 0.5) is 0 Å². The number of amides is 1. The van der Waals surface area contributed by atoms with Gasteiger partial charge >= 0.3 is 0 Å². The largest absolute Gasteiger partial charge is 0.486 e. The summed E-state index contributed by atoms with van der Waals surface area (Å²) in [6.07, 6.45) is 12.6. The molecule has 1 aliphatic carbocycles. The molecule has 6 heteroatoms. The van der Waals surface area contributed by atoms with Gasteiger partial charge in [0.2, 0.25) is 5.91 Å². The van der Waals surface area contributed by atoms with Crippen molar-refractivity contribution < 1.29 is 19.4 Å². The molecule has 1 unspecified atom stereocenters. The Balaban J connectivity index is 1.56. The maximum Gasteiger partial charge on any atom is 0.220 e. The average molecular weight is 407 g/mol. The molecule has 0 radical (unpaired) electrons. The molecule has 2 saturated heterocycles. The molecule has 29 heavy (non-hydrogen) atoms. The van der Waals surface area contributed by atoms with Crippen molar-refractivity contribution in [1.29, 1.82) is 0 Å². The Kier molecular flexibility index (Phi) is 8.87. The van der Waals surface area contributed by atoms with Crippen LogP contribution in [0, 0.1) is 5.92 Å². The summed E-state index contributed by atoms with van der Waals surface area (Å²) in [6, 6.07) is -0.266. The summed E-state index contributed by atoms with van der Waals surface area (Å²) in [4.78, 5) is 14.9. The van der Waals surface area contributed by atoms with E-state index in [-0.39, 0.29) is 17.9 Å². The Bertz CT molecular complexity index is 583. The summed E-state index contributed by atoms with van der Waals surface area (Å²) < 4.78 is 11.3. The van der Waals surface area contributed by atoms with Crippen molar-refractivity contribution in [2.75, 3.05) is 32.8 Å². The SMILES string of the molecule is CCCCCCCC(=O)N[C@H](CN1CCCC1)[C@H](O)C1C=C2OCCOC2=CC1. The molecule has 2 N–H and O–H groups in total. The number of nitrogens with one attached hydrogen (secondary N) is 1. The number of carbonyl (C=O) groups excluding carboxylic acids is 1. The van der Waals surface area contributed by atoms with Crippen molar-refractivity contribution >= 4 is 5.91 Å². The molecular weight excluding hydrogens is 368 g/mol. The number of fused-ring (bicyclic) bond motifs is 1. The zero-order valence-electron chi connectivity index (χ0n) is 17.9. The van der Waals surface area contributed by atoms with E-state index < -0.39 is 6.10 Å². The molecule has 2 fully saturated rings. The smallest absolute Gasteiger partial charge is 0.220 e. The van der Waals surface area contributed by atoms with Gasteiger partial charge in [0.05, 0.1) is 12.1 Å². The second-order valence-corrected chi connectivity index (χ2v) is 8.53. The second kappa shape index (κ2) is 11.6. The third-order valence-electron chi connectivity index (χ3n) is 6.14. The van der Waals surface area contributed by atoms with Crippen LogP contribution in [0.5, 0.6) is 0 Å². The summed E-state index contributed by atoms with van der Waals surface area (Å²) in [7, 11) is 0. The standard InChI is InChI=1S/C23H38N2O4/c1-2-3-4-5-6-9-22(26)24-19(17-25-12-7-8-13-25)23(27)18-10-11-20-21(16-18)29-15-14-28-20/h11,16,18-19,23,27H,2-10,12-15,17H2,1H3,(H,24,26)/t18?,19-,23-/m1/s1. The van der Waals surface area contributed by atoms with Gasteiger partial charge in [0.15, 0.2) is 11.5 Å². The number of hydrogen-bond acceptors (Lipinski definition) is 5. The van der Waals surface area contributed by atoms with Crippen LogP contribution in [-0.4, -0.2) is 60.9 Å². The van der Waals surface area contributed by atoms with Gasteiger partial charge < -0.3 is 24.8 Å². The van der Waals surface area contributed by atoms with Crippen LogP contribution < -0.4 is 5.32 Å². The van der Waals surface area contributed by atoms with Crippen LogP contribution in [0.15, 0.2) is 23.7 Å². The summed E-state index contributed by atoms with van der Waals surface area (Å²) in [6.45, 7) is 6.10. The quantitative estimate of drug-likeness (QED) is 0.516. The van der Waals surface area contributed by atoms with Gasteiger partial charge in [0.1, 0.15) is 13.2 Å². The Morgan fingerprint density at radius 1 is 1.17 bits per heavy atom. The third-order valence-corrected chi connectivity index (χ3v) is 6.14. The van der Waals surface area contributed by atoms with Gasteiger partial charge in [-0.15, -0.1) is 0 Å². The van der Waals surface area contributed by atoms with Crippen molar-refractivity contribution in [2.45, 2.75) is 76.9 Å². The number of ether oxygens (including phenoxy) is 2. The lowest BCUT2D eigenvalue weighted by molar-refractivity contribution is -0.123. The van der Waals surface area contributed by atoms with E-state index >= 15 is 0 Å². The highest BCUT2D eigenvalue weighted by Gasteiger charge is 2.33. The number of likely N-dealkylation sites (tertiary alicyclic amines) is 1. The zero-order chi connectivity index (χ0) is 20.5. The number of hydrogen-bond donors (Lipinski definition) is 2. The van der Waals surface area contributed by atoms with Crippen LogP contribution in [0.25, 0.3) is 0 Å². The molecule has 0 aromatic carbocycles. The van der Waals surface area contributed by atoms with E-state index in [2.05, 4.69) is 17.1 Å². The molecule has 3 aliphatic rings. The molecule has 0 bridgehead atoms. The first-order valence-corrected chi connectivity index (χ1v) is 11.5. The molecule has 0 aromatic rings. The topological polar surface area (TPSA) is 71.0 Å². The van der Waals surface area contributed by atoms with Crippen molar-refractivity contribution in [3.63, 3.8) is 0 Å². The first kappa shape index (κ1) is 22.2. The molecule has 2 aliphatic heterocycles. The number of nitrogens with zero attached hydrogens (tertiary/aromatic N) is 1. The predicted molar refractivity (Wildman–Crippen MR) is 113 cm³/mol. The molecule has 0 spiro atoms. The Morgan fingerprint density at radius 3 is 2.66 bits per heavy atom. The lowest BCUT2D eigenvalue weighted by Gasteiger charge is -2.34. The number of carbonyl (C=O) groups is 1. The number of rotatable bonds is 11. The van der Waals surface area contributed by atoms with Gasteiger partial charge in [0.25, 0.3) is 0 Å². The van der Waals surface area contributed by atoms with Crippen molar-refractivity contribution in [3.05, 3.63) is 23.7 Å². The van der Waals surface area contributed by atoms with Crippen molar-refractivity contribution in [3.8, 4) is 0 Å². The second-order valence-electron chi connectivity index (χ2n) is 8.53. The van der Waals surface area contributed by atoms with E-state index in [9.17, 15) is 9.90 Å². The van der Waals surface area contributed by atoms with Crippen LogP contribution in [0.3, 0.4) is 0 Å². The minimum absolute atomic E-state index is 0.0571. The lowest BCUT2D eigenvalue weighted by Crippen LogP contribution is -2.52. The average Bonchev–Trinajstić information content (AvgIpc) is 3.25. The fraction of sp³-hybridized carbons (Fsp3) is 0.783. The van der Waals surface area contributed by atoms with Crippen LogP contribution in [0.2, 0.25) is 0 Å². The lowest BCUT2D eigenvalue weighted by atomic mass is 9.88. The molecule has 1 amide bonds. The molecular formula is C23H38N2O4. The summed E-state index contributed by atoms with van der Waals surface area (Å²) in [5, 5.41) is 14.3. The summed E-state index contributed by atoms with van der Waals surface area (Å²) >= 11 is 0. The molecule has 3 rings (SSSR count). The minimum Gasteiger partial charge on any atom is -0.486 e. The molecule has 6 nitrogen and oxygen atoms in total. The number of aliphatic hydroxyl groups is 1. The van der Waals surface area contributed by atoms with E-state index in [4.69, 9.17) is 9.47 Å². The monoisotopic (exact) mass is 406 g/mol. The molecule has 0 saturated carbocycles. The summed E-state index contributed by atoms with van der Waals surface area (Å²) in [5.74, 6) is 1.50. The highest BCUT2D eigenvalue weighted by molar-refractivity contribution is 5.76. The number of aliphatic hydroxyl groups excluding tert-OH is 1. The first-order chi connectivity index (χ1) is 14.2. The number of allylic oxidation sites excluding steroid dienone is 1.